The van der Waals surface area contributed by atoms with Gasteiger partial charge in [-0.25, -0.2) is 0 Å². The highest BCUT2D eigenvalue weighted by atomic mass is 16.5. The fourth-order valence-corrected chi connectivity index (χ4v) is 1.62. The lowest BCUT2D eigenvalue weighted by atomic mass is 10.2. The number of carbonyl (C=O) groups excluding carboxylic acids is 1. The number of ether oxygens (including phenoxy) is 1. The highest BCUT2D eigenvalue weighted by molar-refractivity contribution is 5.91. The minimum atomic E-state index is -0.0156. The summed E-state index contributed by atoms with van der Waals surface area (Å²) in [5.41, 5.74) is 0.755. The van der Waals surface area contributed by atoms with E-state index in [9.17, 15) is 4.79 Å². The van der Waals surface area contributed by atoms with Gasteiger partial charge in [-0.2, -0.15) is 5.10 Å². The van der Waals surface area contributed by atoms with Gasteiger partial charge in [-0.15, -0.1) is 0 Å². The molecule has 88 valence electrons. The smallest absolute Gasteiger partial charge is 0.227 e. The lowest BCUT2D eigenvalue weighted by Gasteiger charge is -2.07. The molecule has 5 heteroatoms. The first-order chi connectivity index (χ1) is 7.66. The summed E-state index contributed by atoms with van der Waals surface area (Å²) < 4.78 is 7.16. The molecule has 1 N–H and O–H groups in total. The third-order valence-corrected chi connectivity index (χ3v) is 2.67. The molecule has 1 atom stereocenters. The molecule has 1 amide bonds. The number of hydrogen-bond donors (Lipinski definition) is 1. The van der Waals surface area contributed by atoms with E-state index >= 15 is 0 Å². The van der Waals surface area contributed by atoms with E-state index in [2.05, 4.69) is 10.4 Å². The van der Waals surface area contributed by atoms with E-state index in [1.165, 1.54) is 0 Å². The maximum Gasteiger partial charge on any atom is 0.227 e. The number of nitrogens with zero attached hydrogens (tertiary/aromatic N) is 2. The van der Waals surface area contributed by atoms with E-state index in [1.807, 2.05) is 24.7 Å². The molecule has 2 heterocycles. The summed E-state index contributed by atoms with van der Waals surface area (Å²) in [5.74, 6) is 0.000357. The monoisotopic (exact) mass is 223 g/mol. The second-order valence-electron chi connectivity index (χ2n) is 4.37. The molecule has 2 rings (SSSR count). The van der Waals surface area contributed by atoms with Gasteiger partial charge in [-0.05, 0) is 6.42 Å². The molecular formula is C11H17N3O2. The molecule has 0 aromatic carbocycles. The summed E-state index contributed by atoms with van der Waals surface area (Å²) in [7, 11) is 0. The predicted molar refractivity (Wildman–Crippen MR) is 60.2 cm³/mol. The Morgan fingerprint density at radius 2 is 2.50 bits per heavy atom. The van der Waals surface area contributed by atoms with Crippen molar-refractivity contribution in [3.63, 3.8) is 0 Å². The first-order valence-corrected chi connectivity index (χ1v) is 5.59. The van der Waals surface area contributed by atoms with Crippen molar-refractivity contribution in [3.8, 4) is 0 Å². The average Bonchev–Trinajstić information content (AvgIpc) is 2.85. The maximum atomic E-state index is 11.5. The molecule has 1 aromatic rings. The van der Waals surface area contributed by atoms with Crippen LogP contribution in [0, 0.1) is 5.92 Å². The van der Waals surface area contributed by atoms with Crippen molar-refractivity contribution in [3.05, 3.63) is 12.4 Å². The van der Waals surface area contributed by atoms with E-state index < -0.39 is 0 Å². The normalized spacial score (nSPS) is 20.3. The third kappa shape index (κ3) is 2.41. The van der Waals surface area contributed by atoms with E-state index in [0.717, 1.165) is 18.7 Å². The van der Waals surface area contributed by atoms with Gasteiger partial charge in [0.15, 0.2) is 0 Å². The molecule has 1 aromatic heterocycles. The molecule has 16 heavy (non-hydrogen) atoms. The molecule has 0 radical (unpaired) electrons. The minimum absolute atomic E-state index is 0.0156. The third-order valence-electron chi connectivity index (χ3n) is 2.67. The quantitative estimate of drug-likeness (QED) is 0.843. The summed E-state index contributed by atoms with van der Waals surface area (Å²) in [4.78, 5) is 11.5. The van der Waals surface area contributed by atoms with Crippen molar-refractivity contribution < 1.29 is 9.53 Å². The molecular weight excluding hydrogens is 206 g/mol. The Hall–Kier alpha value is -1.36. The van der Waals surface area contributed by atoms with E-state index in [-0.39, 0.29) is 11.8 Å². The zero-order valence-electron chi connectivity index (χ0n) is 9.64. The number of hydrogen-bond acceptors (Lipinski definition) is 3. The number of rotatable bonds is 3. The second kappa shape index (κ2) is 4.65. The minimum Gasteiger partial charge on any atom is -0.379 e. The van der Waals surface area contributed by atoms with Crippen molar-refractivity contribution >= 4 is 11.6 Å². The largest absolute Gasteiger partial charge is 0.379 e. The van der Waals surface area contributed by atoms with Gasteiger partial charge in [-0.3, -0.25) is 9.48 Å². The first-order valence-electron chi connectivity index (χ1n) is 5.59. The standard InChI is InChI=1S/C11H17N3O2/c1-8(2)11(15)13-9-5-12-14(6-9)10-3-4-16-7-10/h5-6,8,10H,3-4,7H2,1-2H3,(H,13,15)/t10-/m1/s1. The second-order valence-corrected chi connectivity index (χ2v) is 4.37. The highest BCUT2D eigenvalue weighted by Crippen LogP contribution is 2.19. The molecule has 1 aliphatic heterocycles. The van der Waals surface area contributed by atoms with Crippen LogP contribution >= 0.6 is 0 Å². The summed E-state index contributed by atoms with van der Waals surface area (Å²) in [6.07, 6.45) is 4.53. The molecule has 0 unspecified atom stereocenters. The van der Waals surface area contributed by atoms with Crippen molar-refractivity contribution in [1.29, 1.82) is 0 Å². The Balaban J connectivity index is 1.99. The van der Waals surface area contributed by atoms with Crippen LogP contribution in [-0.4, -0.2) is 28.9 Å². The Kier molecular flexibility index (Phi) is 3.24. The number of carbonyl (C=O) groups is 1. The van der Waals surface area contributed by atoms with Crippen LogP contribution in [0.15, 0.2) is 12.4 Å². The molecule has 0 aliphatic carbocycles. The highest BCUT2D eigenvalue weighted by Gasteiger charge is 2.18. The number of nitrogens with one attached hydrogen (secondary N) is 1. The fraction of sp³-hybridized carbons (Fsp3) is 0.636. The zero-order chi connectivity index (χ0) is 11.5. The molecule has 1 fully saturated rings. The zero-order valence-corrected chi connectivity index (χ0v) is 9.64. The topological polar surface area (TPSA) is 56.2 Å². The van der Waals surface area contributed by atoms with Crippen LogP contribution in [0.2, 0.25) is 0 Å². The lowest BCUT2D eigenvalue weighted by molar-refractivity contribution is -0.118. The number of anilines is 1. The van der Waals surface area contributed by atoms with Crippen molar-refractivity contribution in [2.24, 2.45) is 5.92 Å². The van der Waals surface area contributed by atoms with Crippen LogP contribution in [0.3, 0.4) is 0 Å². The lowest BCUT2D eigenvalue weighted by Crippen LogP contribution is -2.17. The van der Waals surface area contributed by atoms with Gasteiger partial charge in [-0.1, -0.05) is 13.8 Å². The van der Waals surface area contributed by atoms with E-state index in [1.54, 1.807) is 6.20 Å². The van der Waals surface area contributed by atoms with Crippen molar-refractivity contribution in [2.75, 3.05) is 18.5 Å². The summed E-state index contributed by atoms with van der Waals surface area (Å²) in [6, 6.07) is 0.310. The van der Waals surface area contributed by atoms with Crippen LogP contribution in [-0.2, 0) is 9.53 Å². The average molecular weight is 223 g/mol. The van der Waals surface area contributed by atoms with Gasteiger partial charge in [0.05, 0.1) is 24.5 Å². The Labute approximate surface area is 94.8 Å². The molecule has 1 saturated heterocycles. The van der Waals surface area contributed by atoms with Crippen LogP contribution in [0.4, 0.5) is 5.69 Å². The van der Waals surface area contributed by atoms with Gasteiger partial charge in [0.25, 0.3) is 0 Å². The molecule has 0 spiro atoms. The SMILES string of the molecule is CC(C)C(=O)Nc1cnn([C@@H]2CCOC2)c1. The fourth-order valence-electron chi connectivity index (χ4n) is 1.62. The van der Waals surface area contributed by atoms with Crippen LogP contribution < -0.4 is 5.32 Å². The van der Waals surface area contributed by atoms with Gasteiger partial charge < -0.3 is 10.1 Å². The summed E-state index contributed by atoms with van der Waals surface area (Å²) in [5, 5.41) is 7.05. The Bertz CT molecular complexity index is 367. The molecule has 1 aliphatic rings. The van der Waals surface area contributed by atoms with Crippen molar-refractivity contribution in [2.45, 2.75) is 26.3 Å². The summed E-state index contributed by atoms with van der Waals surface area (Å²) >= 11 is 0. The van der Waals surface area contributed by atoms with E-state index in [0.29, 0.717) is 12.6 Å². The molecule has 0 bridgehead atoms. The molecule has 5 nitrogen and oxygen atoms in total. The van der Waals surface area contributed by atoms with Crippen LogP contribution in [0.25, 0.3) is 0 Å². The number of aromatic nitrogens is 2. The van der Waals surface area contributed by atoms with Gasteiger partial charge >= 0.3 is 0 Å². The van der Waals surface area contributed by atoms with E-state index in [4.69, 9.17) is 4.74 Å². The number of amides is 1. The summed E-state index contributed by atoms with van der Waals surface area (Å²) in [6.45, 7) is 5.23. The van der Waals surface area contributed by atoms with Crippen molar-refractivity contribution in [1.82, 2.24) is 9.78 Å². The first kappa shape index (κ1) is 11.1. The van der Waals surface area contributed by atoms with Gasteiger partial charge in [0, 0.05) is 18.7 Å². The van der Waals surface area contributed by atoms with Crippen LogP contribution in [0.5, 0.6) is 0 Å². The Morgan fingerprint density at radius 3 is 3.12 bits per heavy atom. The van der Waals surface area contributed by atoms with Crippen LogP contribution in [0.1, 0.15) is 26.3 Å². The van der Waals surface area contributed by atoms with Gasteiger partial charge in [0.2, 0.25) is 5.91 Å². The predicted octanol–water partition coefficient (Wildman–Crippen LogP) is 1.44. The van der Waals surface area contributed by atoms with Gasteiger partial charge in [0.1, 0.15) is 0 Å². The molecule has 0 saturated carbocycles. The Morgan fingerprint density at radius 1 is 1.69 bits per heavy atom. The maximum absolute atomic E-state index is 11.5.